The van der Waals surface area contributed by atoms with E-state index in [9.17, 15) is 30.6 Å². The van der Waals surface area contributed by atoms with E-state index >= 15 is 0 Å². The lowest BCUT2D eigenvalue weighted by Gasteiger charge is -2.49. The predicted molar refractivity (Wildman–Crippen MR) is 135 cm³/mol. The molecule has 2 aliphatic heterocycles. The second kappa shape index (κ2) is 14.2. The number of nitrogens with one attached hydrogen (secondary N) is 2. The van der Waals surface area contributed by atoms with E-state index in [-0.39, 0.29) is 13.0 Å². The van der Waals surface area contributed by atoms with Crippen molar-refractivity contribution in [2.45, 2.75) is 111 Å². The summed E-state index contributed by atoms with van der Waals surface area (Å²) < 4.78 is 54.5. The highest BCUT2D eigenvalue weighted by molar-refractivity contribution is 7.79. The van der Waals surface area contributed by atoms with Crippen LogP contribution in [-0.2, 0) is 29.3 Å². The van der Waals surface area contributed by atoms with Gasteiger partial charge in [0.05, 0.1) is 12.6 Å². The van der Waals surface area contributed by atoms with Gasteiger partial charge in [-0.15, -0.1) is 0 Å². The Labute approximate surface area is 232 Å². The van der Waals surface area contributed by atoms with Crippen LogP contribution in [0.2, 0.25) is 0 Å². The molecule has 2 saturated heterocycles. The fourth-order valence-corrected chi connectivity index (χ4v) is 5.08. The maximum absolute atomic E-state index is 11.1. The zero-order chi connectivity index (χ0) is 30.7. The largest absolute Gasteiger partial charge is 0.394 e. The summed E-state index contributed by atoms with van der Waals surface area (Å²) in [6.45, 7) is 3.11. The molecule has 3 rings (SSSR count). The minimum atomic E-state index is -4.67. The minimum absolute atomic E-state index is 0.134. The smallest absolute Gasteiger partial charge is 0.388 e. The molecule has 18 nitrogen and oxygen atoms in total. The van der Waals surface area contributed by atoms with Gasteiger partial charge in [0.15, 0.2) is 12.6 Å². The summed E-state index contributed by atoms with van der Waals surface area (Å²) in [5, 5.41) is 69.1. The lowest BCUT2D eigenvalue weighted by Crippen LogP contribution is -2.69. The first-order chi connectivity index (χ1) is 18.3. The number of likely N-dealkylation sites (N-methyl/N-ethyl adjacent to an activating group) is 2. The van der Waals surface area contributed by atoms with Crippen LogP contribution in [0.15, 0.2) is 0 Å². The van der Waals surface area contributed by atoms with E-state index in [4.69, 9.17) is 47.9 Å². The van der Waals surface area contributed by atoms with Gasteiger partial charge in [-0.3, -0.25) is 9.11 Å². The lowest BCUT2D eigenvalue weighted by atomic mass is 9.84. The zero-order valence-corrected chi connectivity index (χ0v) is 23.4. The SMILES string of the molecule is CNC(C)C1O[C@@H](O[C@@H]2C(N)C[C@@H](N)C(O[C@H]3OC[C@](C)(O)C(NC)[C@H]3O)[C@H]2O)C(O)[C@@H](O)[C@@H]1O.O=S(=O)(O)O. The molecule has 0 spiro atoms. The van der Waals surface area contributed by atoms with E-state index in [2.05, 4.69) is 10.6 Å². The summed E-state index contributed by atoms with van der Waals surface area (Å²) in [4.78, 5) is 0. The molecule has 0 aromatic rings. The molecule has 0 aromatic heterocycles. The van der Waals surface area contributed by atoms with Crippen LogP contribution in [0, 0.1) is 0 Å². The van der Waals surface area contributed by atoms with Gasteiger partial charge in [-0.2, -0.15) is 8.42 Å². The average Bonchev–Trinajstić information content (AvgIpc) is 2.83. The maximum atomic E-state index is 11.1. The summed E-state index contributed by atoms with van der Waals surface area (Å²) in [6, 6.07) is -2.68. The number of hydrogen-bond acceptors (Lipinski definition) is 16. The van der Waals surface area contributed by atoms with E-state index in [0.29, 0.717) is 0 Å². The molecule has 19 heteroatoms. The van der Waals surface area contributed by atoms with Crippen molar-refractivity contribution in [2.75, 3.05) is 20.7 Å². The van der Waals surface area contributed by atoms with Crippen molar-refractivity contribution in [3.63, 3.8) is 0 Å². The highest BCUT2D eigenvalue weighted by atomic mass is 32.3. The number of nitrogens with two attached hydrogens (primary N) is 2. The lowest BCUT2D eigenvalue weighted by molar-refractivity contribution is -0.333. The third kappa shape index (κ3) is 8.67. The predicted octanol–water partition coefficient (Wildman–Crippen LogP) is -6.01. The molecular formula is C21H44N4O14S. The van der Waals surface area contributed by atoms with Gasteiger partial charge in [0, 0.05) is 18.1 Å². The highest BCUT2D eigenvalue weighted by Gasteiger charge is 2.52. The molecule has 0 aromatic carbocycles. The van der Waals surface area contributed by atoms with Crippen molar-refractivity contribution in [1.82, 2.24) is 10.6 Å². The molecule has 40 heavy (non-hydrogen) atoms. The first kappa shape index (κ1) is 35.5. The molecule has 14 N–H and O–H groups in total. The first-order valence-electron chi connectivity index (χ1n) is 12.6. The fourth-order valence-electron chi connectivity index (χ4n) is 5.08. The number of rotatable bonds is 7. The van der Waals surface area contributed by atoms with Crippen LogP contribution in [-0.4, -0.2) is 160 Å². The van der Waals surface area contributed by atoms with Crippen molar-refractivity contribution < 1.29 is 67.1 Å². The summed E-state index contributed by atoms with van der Waals surface area (Å²) >= 11 is 0. The summed E-state index contributed by atoms with van der Waals surface area (Å²) in [6.07, 6.45) is -12.8. The third-order valence-corrected chi connectivity index (χ3v) is 7.34. The molecule has 0 amide bonds. The van der Waals surface area contributed by atoms with E-state index in [1.165, 1.54) is 6.92 Å². The molecule has 6 unspecified atom stereocenters. The van der Waals surface area contributed by atoms with Gasteiger partial charge >= 0.3 is 10.4 Å². The van der Waals surface area contributed by atoms with Gasteiger partial charge in [0.25, 0.3) is 0 Å². The Hall–Kier alpha value is -0.690. The molecular weight excluding hydrogens is 564 g/mol. The Morgan fingerprint density at radius 3 is 1.88 bits per heavy atom. The molecule has 238 valence electrons. The standard InChI is InChI=1S/C21H42N4O10.H2O4S/c1-7(24-3)15-11(27)10(26)12(28)20(33-15)35-17-9(23)5-8(22)16(13(17)29)34-19-14(30)18(25-4)21(2,31)6-32-19;1-5(2,3)4/h7-20,24-31H,5-6,22-23H2,1-4H3;(H2,1,2,3,4)/t7?,8-,9?,10+,11+,12?,13-,14-,15?,16?,17-,18?,19-,20+,21+;/m1./s1. The summed E-state index contributed by atoms with van der Waals surface area (Å²) in [7, 11) is -1.43. The number of ether oxygens (including phenoxy) is 4. The van der Waals surface area contributed by atoms with Crippen molar-refractivity contribution in [3.05, 3.63) is 0 Å². The van der Waals surface area contributed by atoms with Gasteiger partial charge in [0.2, 0.25) is 0 Å². The van der Waals surface area contributed by atoms with Crippen LogP contribution in [0.4, 0.5) is 0 Å². The number of aliphatic hydroxyl groups is 6. The quantitative estimate of drug-likeness (QED) is 0.120. The van der Waals surface area contributed by atoms with Gasteiger partial charge in [-0.05, 0) is 34.4 Å². The second-order valence-electron chi connectivity index (χ2n) is 10.5. The summed E-state index contributed by atoms with van der Waals surface area (Å²) in [5.74, 6) is 0. The topological polar surface area (TPSA) is 309 Å². The molecule has 0 bridgehead atoms. The van der Waals surface area contributed by atoms with Crippen LogP contribution >= 0.6 is 0 Å². The fraction of sp³-hybridized carbons (Fsp3) is 1.00. The van der Waals surface area contributed by atoms with Crippen LogP contribution in [0.5, 0.6) is 0 Å². The molecule has 3 fully saturated rings. The molecule has 3 aliphatic rings. The number of aliphatic hydroxyl groups excluding tert-OH is 5. The maximum Gasteiger partial charge on any atom is 0.394 e. The van der Waals surface area contributed by atoms with Crippen molar-refractivity contribution >= 4 is 10.4 Å². The van der Waals surface area contributed by atoms with E-state index in [1.807, 2.05) is 0 Å². The van der Waals surface area contributed by atoms with E-state index in [1.54, 1.807) is 21.0 Å². The van der Waals surface area contributed by atoms with Gasteiger partial charge in [-0.1, -0.05) is 0 Å². The first-order valence-corrected chi connectivity index (χ1v) is 14.0. The highest BCUT2D eigenvalue weighted by Crippen LogP contribution is 2.32. The van der Waals surface area contributed by atoms with Gasteiger partial charge in [0.1, 0.15) is 54.4 Å². The Kier molecular flexibility index (Phi) is 12.6. The van der Waals surface area contributed by atoms with Gasteiger partial charge < -0.3 is 71.7 Å². The molecule has 1 saturated carbocycles. The molecule has 0 radical (unpaired) electrons. The monoisotopic (exact) mass is 608 g/mol. The Morgan fingerprint density at radius 1 is 0.900 bits per heavy atom. The number of hydrogen-bond donors (Lipinski definition) is 12. The van der Waals surface area contributed by atoms with Crippen LogP contribution in [0.3, 0.4) is 0 Å². The van der Waals surface area contributed by atoms with Crippen LogP contribution in [0.1, 0.15) is 20.3 Å². The van der Waals surface area contributed by atoms with Crippen molar-refractivity contribution in [3.8, 4) is 0 Å². The van der Waals surface area contributed by atoms with E-state index < -0.39 is 102 Å². The molecule has 15 atom stereocenters. The van der Waals surface area contributed by atoms with E-state index in [0.717, 1.165) is 0 Å². The van der Waals surface area contributed by atoms with Gasteiger partial charge in [-0.25, -0.2) is 0 Å². The average molecular weight is 609 g/mol. The third-order valence-electron chi connectivity index (χ3n) is 7.34. The van der Waals surface area contributed by atoms with Crippen molar-refractivity contribution in [1.29, 1.82) is 0 Å². The Bertz CT molecular complexity index is 895. The minimum Gasteiger partial charge on any atom is -0.388 e. The summed E-state index contributed by atoms with van der Waals surface area (Å²) in [5.41, 5.74) is 11.1. The van der Waals surface area contributed by atoms with Crippen molar-refractivity contribution in [2.24, 2.45) is 11.5 Å². The molecule has 2 heterocycles. The molecule has 1 aliphatic carbocycles. The van der Waals surface area contributed by atoms with Crippen LogP contribution in [0.25, 0.3) is 0 Å². The van der Waals surface area contributed by atoms with Crippen LogP contribution < -0.4 is 22.1 Å². The zero-order valence-electron chi connectivity index (χ0n) is 22.6. The second-order valence-corrected chi connectivity index (χ2v) is 11.4. The Morgan fingerprint density at radius 2 is 1.40 bits per heavy atom. The normalized spacial score (nSPS) is 47.2. The Balaban J connectivity index is 0.00000103.